The summed E-state index contributed by atoms with van der Waals surface area (Å²) in [6.07, 6.45) is -3.80. The van der Waals surface area contributed by atoms with Crippen molar-refractivity contribution in [3.8, 4) is 11.3 Å². The first-order chi connectivity index (χ1) is 18.6. The van der Waals surface area contributed by atoms with Crippen LogP contribution < -0.4 is 10.5 Å². The minimum atomic E-state index is -4.66. The molecule has 0 radical (unpaired) electrons. The van der Waals surface area contributed by atoms with Crippen LogP contribution in [0.1, 0.15) is 67.0 Å². The van der Waals surface area contributed by atoms with Gasteiger partial charge in [-0.25, -0.2) is 22.3 Å². The second kappa shape index (κ2) is 11.7. The number of carbonyl (C=O) groups excluding carboxylic acids is 1. The van der Waals surface area contributed by atoms with Gasteiger partial charge in [0.15, 0.2) is 5.69 Å². The molecule has 1 aliphatic heterocycles. The van der Waals surface area contributed by atoms with Gasteiger partial charge < -0.3 is 10.4 Å². The standard InChI is InChI=1S/C25H32F5N5O4S/c26-24(27)10-5-11-34(15-24)22(36)12-16(14-40(31,38)39)32-23(37)20-13-21(35(33-20)17-6-1-2-7-17)18-8-3-4-9-19(18)25(28,29)30/h3-4,8-9,13,16-17,22,36H,1-2,5-7,10-12,14-15H2,(H,32,37)(H2,31,38,39)/t16-,22+/m0/s1. The van der Waals surface area contributed by atoms with E-state index >= 15 is 0 Å². The number of alkyl halides is 5. The van der Waals surface area contributed by atoms with Gasteiger partial charge in [-0.15, -0.1) is 0 Å². The average molecular weight is 594 g/mol. The topological polar surface area (TPSA) is 131 Å². The van der Waals surface area contributed by atoms with Crippen LogP contribution in [-0.2, 0) is 16.2 Å². The van der Waals surface area contributed by atoms with E-state index in [9.17, 15) is 40.3 Å². The molecule has 2 atom stereocenters. The Morgan fingerprint density at radius 2 is 1.88 bits per heavy atom. The molecule has 2 aliphatic rings. The van der Waals surface area contributed by atoms with Gasteiger partial charge >= 0.3 is 6.18 Å². The van der Waals surface area contributed by atoms with E-state index in [1.165, 1.54) is 28.9 Å². The van der Waals surface area contributed by atoms with Crippen molar-refractivity contribution in [1.29, 1.82) is 0 Å². The summed E-state index contributed by atoms with van der Waals surface area (Å²) in [5.41, 5.74) is -1.22. The molecule has 15 heteroatoms. The van der Waals surface area contributed by atoms with Crippen molar-refractivity contribution in [2.75, 3.05) is 18.8 Å². The number of primary sulfonamides is 1. The van der Waals surface area contributed by atoms with E-state index in [0.29, 0.717) is 12.8 Å². The SMILES string of the molecule is NS(=O)(=O)C[C@H](C[C@@H](O)N1CCCC(F)(F)C1)NC(=O)c1cc(-c2ccccc2C(F)(F)F)n(C2CCCC2)n1. The molecule has 4 rings (SSSR count). The van der Waals surface area contributed by atoms with E-state index in [1.54, 1.807) is 0 Å². The molecule has 222 valence electrons. The first kappa shape index (κ1) is 30.3. The third kappa shape index (κ3) is 7.56. The fourth-order valence-corrected chi connectivity index (χ4v) is 6.23. The fraction of sp³-hybridized carbons (Fsp3) is 0.600. The van der Waals surface area contributed by atoms with Crippen LogP contribution in [0.15, 0.2) is 30.3 Å². The van der Waals surface area contributed by atoms with Crippen LogP contribution >= 0.6 is 0 Å². The van der Waals surface area contributed by atoms with E-state index < -0.39 is 64.6 Å². The van der Waals surface area contributed by atoms with Gasteiger partial charge in [0, 0.05) is 31.0 Å². The number of hydrogen-bond acceptors (Lipinski definition) is 6. The fourth-order valence-electron chi connectivity index (χ4n) is 5.45. The van der Waals surface area contributed by atoms with E-state index in [2.05, 4.69) is 10.4 Å². The van der Waals surface area contributed by atoms with Crippen LogP contribution in [0, 0.1) is 0 Å². The van der Waals surface area contributed by atoms with Crippen LogP contribution in [0.25, 0.3) is 11.3 Å². The lowest BCUT2D eigenvalue weighted by atomic mass is 10.0. The molecular weight excluding hydrogens is 561 g/mol. The predicted molar refractivity (Wildman–Crippen MR) is 136 cm³/mol. The number of likely N-dealkylation sites (tertiary alicyclic amines) is 1. The molecule has 0 unspecified atom stereocenters. The number of sulfonamides is 1. The van der Waals surface area contributed by atoms with Gasteiger partial charge in [-0.2, -0.15) is 18.3 Å². The molecule has 1 aromatic carbocycles. The lowest BCUT2D eigenvalue weighted by Crippen LogP contribution is -2.51. The summed E-state index contributed by atoms with van der Waals surface area (Å²) in [5, 5.41) is 22.5. The van der Waals surface area contributed by atoms with Crippen LogP contribution in [0.4, 0.5) is 22.0 Å². The molecule has 2 aromatic rings. The maximum Gasteiger partial charge on any atom is 0.417 e. The Hall–Kier alpha value is -2.62. The summed E-state index contributed by atoms with van der Waals surface area (Å²) in [6.45, 7) is -0.571. The highest BCUT2D eigenvalue weighted by Crippen LogP contribution is 2.40. The minimum absolute atomic E-state index is 0.0866. The van der Waals surface area contributed by atoms with Gasteiger partial charge in [-0.05, 0) is 31.4 Å². The third-order valence-electron chi connectivity index (χ3n) is 7.26. The van der Waals surface area contributed by atoms with Crippen molar-refractivity contribution in [1.82, 2.24) is 20.0 Å². The van der Waals surface area contributed by atoms with E-state index in [1.807, 2.05) is 0 Å². The van der Waals surface area contributed by atoms with E-state index in [4.69, 9.17) is 5.14 Å². The van der Waals surface area contributed by atoms with Crippen molar-refractivity contribution in [2.45, 2.75) is 75.4 Å². The highest BCUT2D eigenvalue weighted by Gasteiger charge is 2.39. The van der Waals surface area contributed by atoms with E-state index in [0.717, 1.165) is 23.8 Å². The van der Waals surface area contributed by atoms with Crippen molar-refractivity contribution in [3.63, 3.8) is 0 Å². The number of piperidine rings is 1. The molecule has 9 nitrogen and oxygen atoms in total. The van der Waals surface area contributed by atoms with Crippen LogP contribution in [0.3, 0.4) is 0 Å². The largest absolute Gasteiger partial charge is 0.417 e. The molecule has 1 saturated heterocycles. The summed E-state index contributed by atoms with van der Waals surface area (Å²) in [7, 11) is -4.17. The van der Waals surface area contributed by atoms with Crippen LogP contribution in [-0.4, -0.2) is 71.1 Å². The molecule has 2 heterocycles. The Balaban J connectivity index is 1.62. The third-order valence-corrected chi connectivity index (χ3v) is 8.12. The van der Waals surface area contributed by atoms with Gasteiger partial charge in [0.25, 0.3) is 11.8 Å². The Bertz CT molecular complexity index is 1310. The molecule has 2 fully saturated rings. The summed E-state index contributed by atoms with van der Waals surface area (Å²) >= 11 is 0. The molecule has 4 N–H and O–H groups in total. The lowest BCUT2D eigenvalue weighted by molar-refractivity contribution is -0.137. The molecule has 1 aliphatic carbocycles. The summed E-state index contributed by atoms with van der Waals surface area (Å²) < 4.78 is 94.2. The predicted octanol–water partition coefficient (Wildman–Crippen LogP) is 3.51. The van der Waals surface area contributed by atoms with Gasteiger partial charge in [-0.1, -0.05) is 31.0 Å². The number of benzene rings is 1. The number of nitrogens with zero attached hydrogens (tertiary/aromatic N) is 3. The van der Waals surface area contributed by atoms with Gasteiger partial charge in [0.1, 0.15) is 6.23 Å². The number of halogens is 5. The summed E-state index contributed by atoms with van der Waals surface area (Å²) in [4.78, 5) is 14.3. The van der Waals surface area contributed by atoms with Crippen molar-refractivity contribution in [3.05, 3.63) is 41.6 Å². The maximum absolute atomic E-state index is 13.8. The number of carbonyl (C=O) groups is 1. The number of aliphatic hydroxyl groups is 1. The molecule has 40 heavy (non-hydrogen) atoms. The quantitative estimate of drug-likeness (QED) is 0.382. The number of aromatic nitrogens is 2. The van der Waals surface area contributed by atoms with E-state index in [-0.39, 0.29) is 42.4 Å². The van der Waals surface area contributed by atoms with Gasteiger partial charge in [0.05, 0.1) is 29.6 Å². The van der Waals surface area contributed by atoms with Crippen LogP contribution in [0.5, 0.6) is 0 Å². The second-order valence-corrected chi connectivity index (χ2v) is 12.1. The number of aliphatic hydroxyl groups excluding tert-OH is 1. The molecule has 0 bridgehead atoms. The van der Waals surface area contributed by atoms with Crippen molar-refractivity contribution in [2.24, 2.45) is 5.14 Å². The Morgan fingerprint density at radius 1 is 1.20 bits per heavy atom. The summed E-state index contributed by atoms with van der Waals surface area (Å²) in [6, 6.07) is 4.64. The molecule has 1 saturated carbocycles. The molecule has 0 spiro atoms. The highest BCUT2D eigenvalue weighted by molar-refractivity contribution is 7.89. The highest BCUT2D eigenvalue weighted by atomic mass is 32.2. The minimum Gasteiger partial charge on any atom is -0.378 e. The average Bonchev–Trinajstić information content (AvgIpc) is 3.52. The lowest BCUT2D eigenvalue weighted by Gasteiger charge is -2.36. The zero-order chi connectivity index (χ0) is 29.3. The van der Waals surface area contributed by atoms with Crippen molar-refractivity contribution >= 4 is 15.9 Å². The first-order valence-corrected chi connectivity index (χ1v) is 14.7. The molecular formula is C25H32F5N5O4S. The van der Waals surface area contributed by atoms with Crippen molar-refractivity contribution < 1.29 is 40.3 Å². The number of rotatable bonds is 9. The molecule has 1 amide bonds. The van der Waals surface area contributed by atoms with Crippen LogP contribution in [0.2, 0.25) is 0 Å². The monoisotopic (exact) mass is 593 g/mol. The number of nitrogens with one attached hydrogen (secondary N) is 1. The first-order valence-electron chi connectivity index (χ1n) is 13.0. The molecule has 1 aromatic heterocycles. The smallest absolute Gasteiger partial charge is 0.378 e. The Labute approximate surface area is 228 Å². The Morgan fingerprint density at radius 3 is 2.50 bits per heavy atom. The van der Waals surface area contributed by atoms with Gasteiger partial charge in [0.2, 0.25) is 10.0 Å². The second-order valence-electron chi connectivity index (χ2n) is 10.5. The summed E-state index contributed by atoms with van der Waals surface area (Å²) in [5.74, 6) is -4.71. The number of hydrogen-bond donors (Lipinski definition) is 3. The normalized spacial score (nSPS) is 20.4. The number of amides is 1. The zero-order valence-corrected chi connectivity index (χ0v) is 22.4. The zero-order valence-electron chi connectivity index (χ0n) is 21.6. The van der Waals surface area contributed by atoms with Gasteiger partial charge in [-0.3, -0.25) is 14.4 Å². The Kier molecular flexibility index (Phi) is 8.88. The maximum atomic E-state index is 13.8. The number of nitrogens with two attached hydrogens (primary N) is 1.